The largest absolute Gasteiger partial charge is 0.466 e. The van der Waals surface area contributed by atoms with Crippen molar-refractivity contribution in [3.05, 3.63) is 21.6 Å². The fourth-order valence-corrected chi connectivity index (χ4v) is 1.42. The van der Waals surface area contributed by atoms with Gasteiger partial charge in [-0.05, 0) is 24.9 Å². The lowest BCUT2D eigenvalue weighted by Crippen LogP contribution is -2.10. The first-order valence-corrected chi connectivity index (χ1v) is 5.98. The second kappa shape index (κ2) is 7.47. The van der Waals surface area contributed by atoms with Crippen molar-refractivity contribution in [2.75, 3.05) is 18.5 Å². The number of ether oxygens (including phenoxy) is 1. The Kier molecular flexibility index (Phi) is 5.94. The molecule has 0 aliphatic heterocycles. The smallest absolute Gasteiger partial charge is 0.329 e. The molecule has 0 saturated heterocycles. The van der Waals surface area contributed by atoms with Crippen LogP contribution >= 0.6 is 11.6 Å². The van der Waals surface area contributed by atoms with Crippen LogP contribution in [0.15, 0.2) is 6.20 Å². The highest BCUT2D eigenvalue weighted by molar-refractivity contribution is 6.28. The molecule has 0 aromatic carbocycles. The highest BCUT2D eigenvalue weighted by Gasteiger charge is 2.16. The molecule has 0 bridgehead atoms. The van der Waals surface area contributed by atoms with Crippen molar-refractivity contribution in [2.45, 2.75) is 19.8 Å². The third kappa shape index (κ3) is 5.04. The predicted molar refractivity (Wildman–Crippen MR) is 68.1 cm³/mol. The van der Waals surface area contributed by atoms with Gasteiger partial charge >= 0.3 is 11.7 Å². The second-order valence-corrected chi connectivity index (χ2v) is 3.80. The quantitative estimate of drug-likeness (QED) is 0.268. The summed E-state index contributed by atoms with van der Waals surface area (Å²) in [6, 6.07) is 0. The molecule has 104 valence electrons. The van der Waals surface area contributed by atoms with Crippen LogP contribution < -0.4 is 5.32 Å². The van der Waals surface area contributed by atoms with Crippen molar-refractivity contribution in [3.63, 3.8) is 0 Å². The number of carbonyl (C=O) groups excluding carboxylic acids is 1. The predicted octanol–water partition coefficient (Wildman–Crippen LogP) is 1.79. The first kappa shape index (κ1) is 15.1. The Morgan fingerprint density at radius 1 is 1.63 bits per heavy atom. The number of nitrogens with one attached hydrogen (secondary N) is 1. The van der Waals surface area contributed by atoms with Crippen molar-refractivity contribution < 1.29 is 14.5 Å². The molecular weight excluding hydrogens is 276 g/mol. The number of aromatic nitrogens is 2. The Hall–Kier alpha value is -1.96. The van der Waals surface area contributed by atoms with Gasteiger partial charge in [-0.15, -0.1) is 0 Å². The Morgan fingerprint density at radius 2 is 2.37 bits per heavy atom. The van der Waals surface area contributed by atoms with Crippen molar-refractivity contribution in [1.82, 2.24) is 9.97 Å². The molecule has 1 heterocycles. The summed E-state index contributed by atoms with van der Waals surface area (Å²) >= 11 is 5.57. The summed E-state index contributed by atoms with van der Waals surface area (Å²) in [7, 11) is 0. The Labute approximate surface area is 114 Å². The van der Waals surface area contributed by atoms with E-state index >= 15 is 0 Å². The Morgan fingerprint density at radius 3 is 3.00 bits per heavy atom. The molecule has 19 heavy (non-hydrogen) atoms. The summed E-state index contributed by atoms with van der Waals surface area (Å²) < 4.78 is 4.75. The van der Waals surface area contributed by atoms with Crippen LogP contribution in [-0.4, -0.2) is 34.0 Å². The summed E-state index contributed by atoms with van der Waals surface area (Å²) in [6.07, 6.45) is 1.73. The van der Waals surface area contributed by atoms with Gasteiger partial charge in [0.15, 0.2) is 0 Å². The first-order chi connectivity index (χ1) is 9.04. The number of esters is 1. The van der Waals surface area contributed by atoms with Gasteiger partial charge in [-0.2, -0.15) is 4.98 Å². The molecular formula is C10H13ClN4O4. The minimum Gasteiger partial charge on any atom is -0.466 e. The van der Waals surface area contributed by atoms with Gasteiger partial charge in [0.1, 0.15) is 6.20 Å². The van der Waals surface area contributed by atoms with E-state index in [9.17, 15) is 14.9 Å². The third-order valence-corrected chi connectivity index (χ3v) is 2.27. The first-order valence-electron chi connectivity index (χ1n) is 5.61. The number of nitro groups is 1. The van der Waals surface area contributed by atoms with Crippen LogP contribution in [0, 0.1) is 10.1 Å². The number of carbonyl (C=O) groups is 1. The van der Waals surface area contributed by atoms with E-state index in [4.69, 9.17) is 16.3 Å². The fraction of sp³-hybridized carbons (Fsp3) is 0.500. The van der Waals surface area contributed by atoms with Crippen molar-refractivity contribution in [3.8, 4) is 0 Å². The topological polar surface area (TPSA) is 107 Å². The minimum absolute atomic E-state index is 0.0360. The molecule has 8 nitrogen and oxygen atoms in total. The van der Waals surface area contributed by atoms with E-state index in [-0.39, 0.29) is 29.2 Å². The molecule has 0 amide bonds. The van der Waals surface area contributed by atoms with Gasteiger partial charge in [0.25, 0.3) is 0 Å². The Bertz CT molecular complexity index is 469. The molecule has 1 N–H and O–H groups in total. The maximum Gasteiger partial charge on any atom is 0.329 e. The van der Waals surface area contributed by atoms with Crippen LogP contribution in [0.5, 0.6) is 0 Å². The zero-order valence-corrected chi connectivity index (χ0v) is 11.0. The monoisotopic (exact) mass is 288 g/mol. The fourth-order valence-electron chi connectivity index (χ4n) is 1.29. The normalized spacial score (nSPS) is 10.0. The zero-order valence-electron chi connectivity index (χ0n) is 10.3. The maximum absolute atomic E-state index is 11.1. The van der Waals surface area contributed by atoms with Crippen LogP contribution in [0.25, 0.3) is 0 Å². The van der Waals surface area contributed by atoms with Crippen LogP contribution in [0.4, 0.5) is 11.5 Å². The third-order valence-electron chi connectivity index (χ3n) is 2.09. The van der Waals surface area contributed by atoms with E-state index in [0.29, 0.717) is 19.6 Å². The van der Waals surface area contributed by atoms with E-state index in [0.717, 1.165) is 6.20 Å². The average Bonchev–Trinajstić information content (AvgIpc) is 2.34. The molecule has 0 aliphatic carbocycles. The number of rotatable bonds is 7. The van der Waals surface area contributed by atoms with Crippen molar-refractivity contribution >= 4 is 29.1 Å². The highest BCUT2D eigenvalue weighted by Crippen LogP contribution is 2.21. The molecule has 0 radical (unpaired) electrons. The van der Waals surface area contributed by atoms with Gasteiger partial charge in [0.2, 0.25) is 11.1 Å². The molecule has 0 saturated carbocycles. The van der Waals surface area contributed by atoms with E-state index in [2.05, 4.69) is 15.3 Å². The number of hydrogen-bond donors (Lipinski definition) is 1. The maximum atomic E-state index is 11.1. The van der Waals surface area contributed by atoms with Gasteiger partial charge < -0.3 is 10.1 Å². The zero-order chi connectivity index (χ0) is 14.3. The minimum atomic E-state index is -0.607. The molecule has 1 aromatic heterocycles. The Balaban J connectivity index is 2.51. The van der Waals surface area contributed by atoms with Gasteiger partial charge in [0.05, 0.1) is 11.5 Å². The lowest BCUT2D eigenvalue weighted by molar-refractivity contribution is -0.384. The van der Waals surface area contributed by atoms with Crippen molar-refractivity contribution in [1.29, 1.82) is 0 Å². The van der Waals surface area contributed by atoms with Crippen molar-refractivity contribution in [2.24, 2.45) is 0 Å². The van der Waals surface area contributed by atoms with Crippen LogP contribution in [-0.2, 0) is 9.53 Å². The molecule has 0 aliphatic rings. The number of hydrogen-bond acceptors (Lipinski definition) is 7. The standard InChI is InChI=1S/C10H13ClN4O4/c1-2-19-8(16)4-3-5-12-9-7(15(17)18)6-13-10(11)14-9/h6H,2-5H2,1H3,(H,12,13,14). The summed E-state index contributed by atoms with van der Waals surface area (Å²) in [5.41, 5.74) is -0.263. The van der Waals surface area contributed by atoms with Gasteiger partial charge in [-0.25, -0.2) is 4.98 Å². The van der Waals surface area contributed by atoms with Gasteiger partial charge in [0, 0.05) is 13.0 Å². The van der Waals surface area contributed by atoms with Crippen LogP contribution in [0.2, 0.25) is 5.28 Å². The molecule has 9 heteroatoms. The lowest BCUT2D eigenvalue weighted by atomic mass is 10.3. The molecule has 0 fully saturated rings. The number of nitrogens with zero attached hydrogens (tertiary/aromatic N) is 3. The second-order valence-electron chi connectivity index (χ2n) is 3.47. The number of anilines is 1. The molecule has 1 aromatic rings. The summed E-state index contributed by atoms with van der Waals surface area (Å²) in [5.74, 6) is -0.270. The van der Waals surface area contributed by atoms with E-state index in [1.54, 1.807) is 6.92 Å². The van der Waals surface area contributed by atoms with E-state index in [1.165, 1.54) is 0 Å². The summed E-state index contributed by atoms with van der Waals surface area (Å²) in [4.78, 5) is 28.5. The number of halogens is 1. The summed E-state index contributed by atoms with van der Waals surface area (Å²) in [6.45, 7) is 2.40. The molecule has 0 spiro atoms. The highest BCUT2D eigenvalue weighted by atomic mass is 35.5. The van der Waals surface area contributed by atoms with E-state index in [1.807, 2.05) is 0 Å². The molecule has 1 rings (SSSR count). The van der Waals surface area contributed by atoms with E-state index < -0.39 is 4.92 Å². The SMILES string of the molecule is CCOC(=O)CCCNc1nc(Cl)ncc1[N+](=O)[O-]. The van der Waals surface area contributed by atoms with Gasteiger partial charge in [-0.3, -0.25) is 14.9 Å². The molecule has 0 unspecified atom stereocenters. The van der Waals surface area contributed by atoms with Crippen LogP contribution in [0.1, 0.15) is 19.8 Å². The lowest BCUT2D eigenvalue weighted by Gasteiger charge is -2.05. The van der Waals surface area contributed by atoms with Gasteiger partial charge in [-0.1, -0.05) is 0 Å². The average molecular weight is 289 g/mol. The van der Waals surface area contributed by atoms with Crippen LogP contribution in [0.3, 0.4) is 0 Å². The summed E-state index contributed by atoms with van der Waals surface area (Å²) in [5, 5.41) is 13.4. The molecule has 0 atom stereocenters.